The fourth-order valence-electron chi connectivity index (χ4n) is 2.25. The van der Waals surface area contributed by atoms with Crippen LogP contribution < -0.4 is 15.4 Å². The molecule has 24 heavy (non-hydrogen) atoms. The van der Waals surface area contributed by atoms with Crippen LogP contribution in [0.15, 0.2) is 48.5 Å². The van der Waals surface area contributed by atoms with Gasteiger partial charge in [-0.3, -0.25) is 4.79 Å². The Hall–Kier alpha value is -2.82. The van der Waals surface area contributed by atoms with Crippen molar-refractivity contribution < 1.29 is 14.3 Å². The van der Waals surface area contributed by atoms with Gasteiger partial charge in [0.1, 0.15) is 12.4 Å². The SMILES string of the molecule is CCc1ccccc1OCCNC(=O)Nc1cccc(C(C)=O)c1. The van der Waals surface area contributed by atoms with Crippen LogP contribution in [0.4, 0.5) is 10.5 Å². The number of aryl methyl sites for hydroxylation is 1. The van der Waals surface area contributed by atoms with Gasteiger partial charge in [0.25, 0.3) is 0 Å². The van der Waals surface area contributed by atoms with E-state index in [2.05, 4.69) is 17.6 Å². The number of anilines is 1. The summed E-state index contributed by atoms with van der Waals surface area (Å²) in [5, 5.41) is 5.43. The number of hydrogen-bond donors (Lipinski definition) is 2. The monoisotopic (exact) mass is 326 g/mol. The molecule has 0 aliphatic carbocycles. The fraction of sp³-hybridized carbons (Fsp3) is 0.263. The van der Waals surface area contributed by atoms with E-state index in [4.69, 9.17) is 4.74 Å². The lowest BCUT2D eigenvalue weighted by Crippen LogP contribution is -2.32. The van der Waals surface area contributed by atoms with E-state index in [9.17, 15) is 9.59 Å². The van der Waals surface area contributed by atoms with Crippen molar-refractivity contribution in [1.82, 2.24) is 5.32 Å². The number of ether oxygens (including phenoxy) is 1. The van der Waals surface area contributed by atoms with Crippen molar-refractivity contribution in [1.29, 1.82) is 0 Å². The van der Waals surface area contributed by atoms with Crippen molar-refractivity contribution >= 4 is 17.5 Å². The molecule has 2 rings (SSSR count). The molecule has 0 spiro atoms. The van der Waals surface area contributed by atoms with Crippen molar-refractivity contribution in [3.05, 3.63) is 59.7 Å². The highest BCUT2D eigenvalue weighted by Crippen LogP contribution is 2.17. The highest BCUT2D eigenvalue weighted by molar-refractivity contribution is 5.96. The maximum absolute atomic E-state index is 11.9. The van der Waals surface area contributed by atoms with E-state index in [0.717, 1.165) is 17.7 Å². The highest BCUT2D eigenvalue weighted by atomic mass is 16.5. The van der Waals surface area contributed by atoms with Crippen LogP contribution in [0.3, 0.4) is 0 Å². The minimum Gasteiger partial charge on any atom is -0.491 e. The first-order chi connectivity index (χ1) is 11.6. The van der Waals surface area contributed by atoms with Gasteiger partial charge in [-0.25, -0.2) is 4.79 Å². The van der Waals surface area contributed by atoms with Crippen LogP contribution in [-0.2, 0) is 6.42 Å². The highest BCUT2D eigenvalue weighted by Gasteiger charge is 2.05. The van der Waals surface area contributed by atoms with E-state index in [0.29, 0.717) is 24.4 Å². The summed E-state index contributed by atoms with van der Waals surface area (Å²) in [4.78, 5) is 23.2. The molecular formula is C19H22N2O3. The molecule has 2 amide bonds. The van der Waals surface area contributed by atoms with Crippen molar-refractivity contribution in [3.8, 4) is 5.75 Å². The van der Waals surface area contributed by atoms with Gasteiger partial charge in [0.15, 0.2) is 5.78 Å². The summed E-state index contributed by atoms with van der Waals surface area (Å²) >= 11 is 0. The fourth-order valence-corrected chi connectivity index (χ4v) is 2.25. The Morgan fingerprint density at radius 3 is 2.62 bits per heavy atom. The number of amides is 2. The molecule has 0 atom stereocenters. The molecule has 0 radical (unpaired) electrons. The number of benzene rings is 2. The van der Waals surface area contributed by atoms with Crippen LogP contribution in [0.5, 0.6) is 5.75 Å². The molecule has 2 aromatic carbocycles. The molecular weight excluding hydrogens is 304 g/mol. The van der Waals surface area contributed by atoms with Gasteiger partial charge in [-0.05, 0) is 37.1 Å². The molecule has 5 nitrogen and oxygen atoms in total. The van der Waals surface area contributed by atoms with E-state index in [1.807, 2.05) is 24.3 Å². The molecule has 0 bridgehead atoms. The Kier molecular flexibility index (Phi) is 6.37. The summed E-state index contributed by atoms with van der Waals surface area (Å²) in [5.74, 6) is 0.804. The van der Waals surface area contributed by atoms with Crippen LogP contribution in [0, 0.1) is 0 Å². The third-order valence-corrected chi connectivity index (χ3v) is 3.53. The number of rotatable bonds is 7. The summed E-state index contributed by atoms with van der Waals surface area (Å²) in [6.45, 7) is 4.34. The quantitative estimate of drug-likeness (QED) is 0.603. The first-order valence-electron chi connectivity index (χ1n) is 7.96. The minimum absolute atomic E-state index is 0.0398. The second-order valence-corrected chi connectivity index (χ2v) is 5.33. The molecule has 0 heterocycles. The third-order valence-electron chi connectivity index (χ3n) is 3.53. The van der Waals surface area contributed by atoms with Gasteiger partial charge in [0.05, 0.1) is 6.54 Å². The minimum atomic E-state index is -0.330. The zero-order valence-corrected chi connectivity index (χ0v) is 14.0. The van der Waals surface area contributed by atoms with Gasteiger partial charge in [-0.1, -0.05) is 37.3 Å². The number of urea groups is 1. The van der Waals surface area contributed by atoms with Crippen molar-refractivity contribution in [2.24, 2.45) is 0 Å². The molecule has 2 N–H and O–H groups in total. The number of hydrogen-bond acceptors (Lipinski definition) is 3. The van der Waals surface area contributed by atoms with Gasteiger partial charge in [-0.15, -0.1) is 0 Å². The summed E-state index contributed by atoms with van der Waals surface area (Å²) in [5.41, 5.74) is 2.28. The van der Waals surface area contributed by atoms with E-state index in [1.54, 1.807) is 24.3 Å². The largest absolute Gasteiger partial charge is 0.491 e. The van der Waals surface area contributed by atoms with E-state index >= 15 is 0 Å². The van der Waals surface area contributed by atoms with Crippen LogP contribution in [0.25, 0.3) is 0 Å². The van der Waals surface area contributed by atoms with Gasteiger partial charge >= 0.3 is 6.03 Å². The number of para-hydroxylation sites is 1. The average Bonchev–Trinajstić information content (AvgIpc) is 2.59. The zero-order valence-electron chi connectivity index (χ0n) is 14.0. The molecule has 0 saturated heterocycles. The summed E-state index contributed by atoms with van der Waals surface area (Å²) in [7, 11) is 0. The Labute approximate surface area is 142 Å². The average molecular weight is 326 g/mol. The number of carbonyl (C=O) groups excluding carboxylic acids is 2. The topological polar surface area (TPSA) is 67.4 Å². The van der Waals surface area contributed by atoms with Gasteiger partial charge in [0, 0.05) is 11.3 Å². The predicted molar refractivity (Wildman–Crippen MR) is 94.8 cm³/mol. The van der Waals surface area contributed by atoms with E-state index < -0.39 is 0 Å². The molecule has 2 aromatic rings. The second-order valence-electron chi connectivity index (χ2n) is 5.33. The lowest BCUT2D eigenvalue weighted by atomic mass is 10.1. The molecule has 0 aliphatic heterocycles. The van der Waals surface area contributed by atoms with Gasteiger partial charge in [0.2, 0.25) is 0 Å². The summed E-state index contributed by atoms with van der Waals surface area (Å²) in [6.07, 6.45) is 0.899. The second kappa shape index (κ2) is 8.72. The van der Waals surface area contributed by atoms with Gasteiger partial charge < -0.3 is 15.4 Å². The van der Waals surface area contributed by atoms with Crippen molar-refractivity contribution in [3.63, 3.8) is 0 Å². The van der Waals surface area contributed by atoms with E-state index in [1.165, 1.54) is 6.92 Å². The number of nitrogens with one attached hydrogen (secondary N) is 2. The van der Waals surface area contributed by atoms with Crippen molar-refractivity contribution in [2.75, 3.05) is 18.5 Å². The smallest absolute Gasteiger partial charge is 0.319 e. The number of ketones is 1. The van der Waals surface area contributed by atoms with Crippen LogP contribution in [-0.4, -0.2) is 25.0 Å². The lowest BCUT2D eigenvalue weighted by molar-refractivity contribution is 0.101. The molecule has 126 valence electrons. The Bertz CT molecular complexity index is 713. The molecule has 0 saturated carbocycles. The first kappa shape index (κ1) is 17.5. The molecule has 0 aliphatic rings. The third kappa shape index (κ3) is 5.12. The predicted octanol–water partition coefficient (Wildman–Crippen LogP) is 3.65. The lowest BCUT2D eigenvalue weighted by Gasteiger charge is -2.11. The normalized spacial score (nSPS) is 10.1. The van der Waals surface area contributed by atoms with Crippen LogP contribution >= 0.6 is 0 Å². The Morgan fingerprint density at radius 1 is 1.08 bits per heavy atom. The summed E-state index contributed by atoms with van der Waals surface area (Å²) < 4.78 is 5.69. The summed E-state index contributed by atoms with van der Waals surface area (Å²) in [6, 6.07) is 14.4. The van der Waals surface area contributed by atoms with Crippen molar-refractivity contribution in [2.45, 2.75) is 20.3 Å². The maximum Gasteiger partial charge on any atom is 0.319 e. The molecule has 0 fully saturated rings. The standard InChI is InChI=1S/C19H22N2O3/c1-3-15-7-4-5-10-18(15)24-12-11-20-19(23)21-17-9-6-8-16(13-17)14(2)22/h4-10,13H,3,11-12H2,1-2H3,(H2,20,21,23). The van der Waals surface area contributed by atoms with Gasteiger partial charge in [-0.2, -0.15) is 0 Å². The van der Waals surface area contributed by atoms with E-state index in [-0.39, 0.29) is 11.8 Å². The first-order valence-corrected chi connectivity index (χ1v) is 7.96. The Balaban J connectivity index is 1.77. The zero-order chi connectivity index (χ0) is 17.4. The molecule has 0 unspecified atom stereocenters. The Morgan fingerprint density at radius 2 is 1.88 bits per heavy atom. The number of carbonyl (C=O) groups is 2. The van der Waals surface area contributed by atoms with Crippen LogP contribution in [0.1, 0.15) is 29.8 Å². The van der Waals surface area contributed by atoms with Crippen LogP contribution in [0.2, 0.25) is 0 Å². The molecule has 0 aromatic heterocycles. The maximum atomic E-state index is 11.9. The molecule has 5 heteroatoms. The number of Topliss-reactive ketones (excluding diaryl/α,β-unsaturated/α-hetero) is 1.